The van der Waals surface area contributed by atoms with Gasteiger partial charge in [-0.2, -0.15) is 4.99 Å². The number of nitrogens with zero attached hydrogens (tertiary/aromatic N) is 1. The van der Waals surface area contributed by atoms with E-state index in [9.17, 15) is 4.79 Å². The predicted octanol–water partition coefficient (Wildman–Crippen LogP) is -1.10. The van der Waals surface area contributed by atoms with Gasteiger partial charge in [0.1, 0.15) is 0 Å². The minimum Gasteiger partial charge on any atom is -0.469 e. The van der Waals surface area contributed by atoms with Crippen LogP contribution in [0.1, 0.15) is 0 Å². The van der Waals surface area contributed by atoms with Crippen molar-refractivity contribution in [3.05, 3.63) is 0 Å². The van der Waals surface area contributed by atoms with Crippen molar-refractivity contribution in [1.29, 1.82) is 0 Å². The Hall–Kier alpha value is -0.900. The van der Waals surface area contributed by atoms with Crippen LogP contribution < -0.4 is 5.73 Å². The van der Waals surface area contributed by atoms with Gasteiger partial charge in [0.2, 0.25) is 0 Å². The van der Waals surface area contributed by atoms with Crippen LogP contribution in [0.3, 0.4) is 0 Å². The molecule has 1 amide bonds. The van der Waals surface area contributed by atoms with Crippen LogP contribution in [0.2, 0.25) is 0 Å². The number of hydrogen-bond acceptors (Lipinski definition) is 3. The lowest BCUT2D eigenvalue weighted by Gasteiger charge is -1.99. The molecule has 8 heavy (non-hydrogen) atoms. The Morgan fingerprint density at radius 3 is 3.00 bits per heavy atom. The van der Waals surface area contributed by atoms with Gasteiger partial charge in [0.05, 0.1) is 0 Å². The highest BCUT2D eigenvalue weighted by Crippen LogP contribution is 1.97. The fourth-order valence-electron chi connectivity index (χ4n) is 0.454. The molecule has 0 aromatic heterocycles. The van der Waals surface area contributed by atoms with E-state index >= 15 is 0 Å². The quantitative estimate of drug-likeness (QED) is 0.470. The van der Waals surface area contributed by atoms with E-state index in [1.807, 2.05) is 0 Å². The molecule has 2 N–H and O–H groups in total. The van der Waals surface area contributed by atoms with Crippen molar-refractivity contribution in [3.63, 3.8) is 0 Å². The summed E-state index contributed by atoms with van der Waals surface area (Å²) in [6.07, 6.45) is 0.606. The van der Waals surface area contributed by atoms with E-state index in [2.05, 4.69) is 9.73 Å². The second kappa shape index (κ2) is 1.92. The molecule has 0 aromatic rings. The summed E-state index contributed by atoms with van der Waals surface area (Å²) >= 11 is 0. The molecule has 1 heterocycles. The Morgan fingerprint density at radius 1 is 2.00 bits per heavy atom. The summed E-state index contributed by atoms with van der Waals surface area (Å²) in [5, 5.41) is 0. The molecule has 0 aliphatic carbocycles. The van der Waals surface area contributed by atoms with Crippen LogP contribution in [0.15, 0.2) is 4.99 Å². The van der Waals surface area contributed by atoms with Gasteiger partial charge < -0.3 is 10.5 Å². The molecule has 4 heteroatoms. The average Bonchev–Trinajstić information content (AvgIpc) is 2.14. The molecule has 44 valence electrons. The van der Waals surface area contributed by atoms with Crippen LogP contribution in [0.25, 0.3) is 0 Å². The van der Waals surface area contributed by atoms with Crippen molar-refractivity contribution in [2.24, 2.45) is 10.7 Å². The number of amides is 1. The Morgan fingerprint density at radius 2 is 2.75 bits per heavy atom. The van der Waals surface area contributed by atoms with Gasteiger partial charge in [-0.3, -0.25) is 4.79 Å². The molecule has 4 nitrogen and oxygen atoms in total. The normalized spacial score (nSPS) is 26.1. The van der Waals surface area contributed by atoms with Crippen LogP contribution in [-0.4, -0.2) is 25.0 Å². The van der Waals surface area contributed by atoms with Gasteiger partial charge in [-0.25, -0.2) is 0 Å². The summed E-state index contributed by atoms with van der Waals surface area (Å²) in [7, 11) is 0. The third-order valence-corrected chi connectivity index (χ3v) is 0.895. The second-order valence-electron chi connectivity index (χ2n) is 1.43. The average molecular weight is 114 g/mol. The Labute approximate surface area is 46.3 Å². The first kappa shape index (κ1) is 5.24. The van der Waals surface area contributed by atoms with Crippen LogP contribution in [0, 0.1) is 0 Å². The van der Waals surface area contributed by atoms with Crippen molar-refractivity contribution >= 4 is 12.3 Å². The zero-order valence-corrected chi connectivity index (χ0v) is 4.20. The minimum atomic E-state index is -0.519. The van der Waals surface area contributed by atoms with E-state index in [0.29, 0.717) is 0 Å². The van der Waals surface area contributed by atoms with Gasteiger partial charge in [-0.15, -0.1) is 0 Å². The molecule has 1 aliphatic heterocycles. The lowest BCUT2D eigenvalue weighted by Crippen LogP contribution is -2.26. The van der Waals surface area contributed by atoms with Gasteiger partial charge in [0.15, 0.2) is 12.5 Å². The number of hydrogen-bond donors (Lipinski definition) is 1. The maximum absolute atomic E-state index is 10.4. The fourth-order valence-corrected chi connectivity index (χ4v) is 0.454. The van der Waals surface area contributed by atoms with E-state index in [1.165, 1.54) is 0 Å². The van der Waals surface area contributed by atoms with Crippen LogP contribution >= 0.6 is 0 Å². The molecule has 0 radical (unpaired) electrons. The molecular weight excluding hydrogens is 108 g/mol. The van der Waals surface area contributed by atoms with E-state index < -0.39 is 6.10 Å². The van der Waals surface area contributed by atoms with Crippen molar-refractivity contribution in [2.45, 2.75) is 6.10 Å². The third kappa shape index (κ3) is 0.696. The van der Waals surface area contributed by atoms with Gasteiger partial charge >= 0.3 is 0 Å². The van der Waals surface area contributed by atoms with E-state index in [-0.39, 0.29) is 12.5 Å². The van der Waals surface area contributed by atoms with Crippen molar-refractivity contribution < 1.29 is 9.53 Å². The topological polar surface area (TPSA) is 64.7 Å². The highest BCUT2D eigenvalue weighted by Gasteiger charge is 2.20. The molecule has 1 unspecified atom stereocenters. The Balaban J connectivity index is 2.51. The summed E-state index contributed by atoms with van der Waals surface area (Å²) in [4.78, 5) is 13.7. The lowest BCUT2D eigenvalue weighted by atomic mass is 10.3. The fraction of sp³-hybridized carbons (Fsp3) is 0.500. The highest BCUT2D eigenvalue weighted by atomic mass is 16.5. The zero-order chi connectivity index (χ0) is 5.98. The molecule has 1 aliphatic rings. The molecular formula is C4H6N2O2. The molecule has 0 fully saturated rings. The highest BCUT2D eigenvalue weighted by molar-refractivity contribution is 5.91. The van der Waals surface area contributed by atoms with Crippen molar-refractivity contribution in [2.75, 3.05) is 6.54 Å². The zero-order valence-electron chi connectivity index (χ0n) is 4.20. The molecule has 0 aromatic carbocycles. The largest absolute Gasteiger partial charge is 0.469 e. The minimum absolute atomic E-state index is 0.207. The van der Waals surface area contributed by atoms with Crippen LogP contribution in [-0.2, 0) is 9.53 Å². The molecule has 1 rings (SSSR count). The van der Waals surface area contributed by atoms with Crippen LogP contribution in [0.4, 0.5) is 0 Å². The molecule has 1 atom stereocenters. The molecule has 0 saturated carbocycles. The number of carbonyl (C=O) groups is 1. The summed E-state index contributed by atoms with van der Waals surface area (Å²) in [5.41, 5.74) is 5.10. The summed E-state index contributed by atoms with van der Waals surface area (Å²) < 4.78 is 4.65. The lowest BCUT2D eigenvalue weighted by molar-refractivity contribution is -0.122. The molecule has 0 spiro atoms. The maximum atomic E-state index is 10.4. The van der Waals surface area contributed by atoms with Gasteiger partial charge in [0, 0.05) is 6.54 Å². The monoisotopic (exact) mass is 114 g/mol. The Bertz CT molecular complexity index is 132. The van der Waals surface area contributed by atoms with Crippen molar-refractivity contribution in [3.8, 4) is 0 Å². The number of rotatable bonds is 1. The first-order valence-electron chi connectivity index (χ1n) is 2.26. The van der Waals surface area contributed by atoms with Gasteiger partial charge in [-0.05, 0) is 0 Å². The van der Waals surface area contributed by atoms with Crippen molar-refractivity contribution in [1.82, 2.24) is 0 Å². The third-order valence-electron chi connectivity index (χ3n) is 0.895. The second-order valence-corrected chi connectivity index (χ2v) is 1.43. The predicted molar refractivity (Wildman–Crippen MR) is 27.4 cm³/mol. The van der Waals surface area contributed by atoms with E-state index in [0.717, 1.165) is 6.40 Å². The number of carbonyl (C=O) groups excluding carboxylic acids is 1. The van der Waals surface area contributed by atoms with E-state index in [1.54, 1.807) is 0 Å². The Kier molecular flexibility index (Phi) is 1.26. The van der Waals surface area contributed by atoms with Crippen LogP contribution in [0.5, 0.6) is 0 Å². The number of nitrogens with two attached hydrogens (primary N) is 1. The molecule has 0 bridgehead atoms. The summed E-state index contributed by atoms with van der Waals surface area (Å²) in [6.45, 7) is 0.207. The summed E-state index contributed by atoms with van der Waals surface area (Å²) in [6, 6.07) is 0. The van der Waals surface area contributed by atoms with Gasteiger partial charge in [0.25, 0.3) is 5.91 Å². The number of ether oxygens (including phenoxy) is 1. The standard InChI is InChI=1S/C4H6N2O2/c5-1-3-4(7)6-2-8-3/h2-3H,1,5H2. The molecule has 0 saturated heterocycles. The van der Waals surface area contributed by atoms with Gasteiger partial charge in [-0.1, -0.05) is 0 Å². The van der Waals surface area contributed by atoms with E-state index in [4.69, 9.17) is 5.73 Å². The smallest absolute Gasteiger partial charge is 0.290 e. The first-order valence-corrected chi connectivity index (χ1v) is 2.26. The number of aliphatic imine (C=N–C) groups is 1. The maximum Gasteiger partial charge on any atom is 0.290 e. The summed E-state index contributed by atoms with van der Waals surface area (Å²) in [5.74, 6) is -0.285. The SMILES string of the molecule is NCC1OC=NC1=O. The first-order chi connectivity index (χ1) is 3.84.